The molecule has 0 saturated carbocycles. The zero-order valence-corrected chi connectivity index (χ0v) is 11.8. The van der Waals surface area contributed by atoms with Gasteiger partial charge in [-0.25, -0.2) is 0 Å². The Balaban J connectivity index is 2.93. The zero-order chi connectivity index (χ0) is 8.48. The van der Waals surface area contributed by atoms with E-state index in [1.54, 1.807) is 5.20 Å². The second-order valence-corrected chi connectivity index (χ2v) is 9.11. The van der Waals surface area contributed by atoms with Crippen LogP contribution in [0.25, 0.3) is 0 Å². The van der Waals surface area contributed by atoms with Crippen molar-refractivity contribution in [2.75, 3.05) is 0 Å². The Bertz CT molecular complexity index is 228. The van der Waals surface area contributed by atoms with Crippen LogP contribution in [0.3, 0.4) is 0 Å². The van der Waals surface area contributed by atoms with E-state index < -0.39 is 8.80 Å². The van der Waals surface area contributed by atoms with Crippen molar-refractivity contribution in [3.63, 3.8) is 0 Å². The molecule has 0 spiro atoms. The summed E-state index contributed by atoms with van der Waals surface area (Å²) in [4.78, 5) is 0. The Morgan fingerprint density at radius 1 is 1.64 bits per heavy atom. The van der Waals surface area contributed by atoms with Crippen LogP contribution in [0, 0.1) is 0 Å². The van der Waals surface area contributed by atoms with Crippen LogP contribution in [0.1, 0.15) is 0 Å². The van der Waals surface area contributed by atoms with Crippen molar-refractivity contribution in [3.8, 4) is 0 Å². The fourth-order valence-electron chi connectivity index (χ4n) is 1.39. The molecule has 0 aromatic rings. The van der Waals surface area contributed by atoms with E-state index >= 15 is 0 Å². The van der Waals surface area contributed by atoms with Crippen LogP contribution in [0.2, 0.25) is 16.3 Å². The molecule has 0 radical (unpaired) electrons. The van der Waals surface area contributed by atoms with Crippen molar-refractivity contribution in [2.45, 2.75) is 16.3 Å². The van der Waals surface area contributed by atoms with E-state index in [9.17, 15) is 0 Å². The molecule has 1 aliphatic carbocycles. The van der Waals surface area contributed by atoms with Gasteiger partial charge < -0.3 is 0 Å². The van der Waals surface area contributed by atoms with Crippen LogP contribution in [-0.2, 0) is 24.4 Å². The molecular formula is C9H13HfSi. The van der Waals surface area contributed by atoms with Crippen LogP contribution in [-0.4, -0.2) is 8.80 Å². The van der Waals surface area contributed by atoms with Crippen molar-refractivity contribution < 1.29 is 24.4 Å². The second-order valence-electron chi connectivity index (χ2n) is 3.21. The molecule has 0 fully saturated rings. The summed E-state index contributed by atoms with van der Waals surface area (Å²) in [6, 6.07) is 0. The van der Waals surface area contributed by atoms with E-state index in [1.807, 2.05) is 0 Å². The summed E-state index contributed by atoms with van der Waals surface area (Å²) in [5, 5.41) is 1.67. The van der Waals surface area contributed by atoms with Crippen LogP contribution in [0.5, 0.6) is 0 Å². The van der Waals surface area contributed by atoms with Gasteiger partial charge in [0.05, 0.1) is 0 Å². The Morgan fingerprint density at radius 2 is 2.27 bits per heavy atom. The first-order valence-electron chi connectivity index (χ1n) is 3.88. The Hall–Kier alpha value is 0.307. The first-order valence-corrected chi connectivity index (χ1v) is 8.57. The SMILES string of the molecule is C=C[C]1([Hf])C=CC=C1[SiH](C)C. The predicted molar refractivity (Wildman–Crippen MR) is 49.0 cm³/mol. The maximum atomic E-state index is 3.91. The van der Waals surface area contributed by atoms with Crippen LogP contribution in [0.15, 0.2) is 36.1 Å². The molecule has 0 aromatic heterocycles. The third-order valence-electron chi connectivity index (χ3n) is 2.06. The van der Waals surface area contributed by atoms with Gasteiger partial charge in [-0.15, -0.1) is 0 Å². The van der Waals surface area contributed by atoms with Crippen molar-refractivity contribution in [1.29, 1.82) is 0 Å². The predicted octanol–water partition coefficient (Wildman–Crippen LogP) is 2.40. The van der Waals surface area contributed by atoms with Crippen molar-refractivity contribution >= 4 is 8.80 Å². The Morgan fingerprint density at radius 3 is 2.64 bits per heavy atom. The van der Waals surface area contributed by atoms with Crippen LogP contribution < -0.4 is 0 Å². The molecule has 0 N–H and O–H groups in total. The quantitative estimate of drug-likeness (QED) is 0.540. The fourth-order valence-corrected chi connectivity index (χ4v) is 6.82. The topological polar surface area (TPSA) is 0 Å². The summed E-state index contributed by atoms with van der Waals surface area (Å²) in [5.74, 6) is 0. The van der Waals surface area contributed by atoms with E-state index in [-0.39, 0.29) is 0 Å². The summed E-state index contributed by atoms with van der Waals surface area (Å²) < 4.78 is 0.320. The normalized spacial score (nSPS) is 29.1. The first kappa shape index (κ1) is 9.40. The van der Waals surface area contributed by atoms with Gasteiger partial charge in [0.15, 0.2) is 0 Å². The number of hydrogen-bond acceptors (Lipinski definition) is 0. The standard InChI is InChI=1S/C9H13Si.Hf/c1-4-8-6-5-7-9(8)10(2)3;/h4-7,10H,1H2,2-3H3;. The summed E-state index contributed by atoms with van der Waals surface area (Å²) >= 11 is 1.18. The van der Waals surface area contributed by atoms with Gasteiger partial charge in [0, 0.05) is 0 Å². The molecular weight excluding hydrogens is 315 g/mol. The molecule has 0 amide bonds. The molecule has 0 nitrogen and oxygen atoms in total. The summed E-state index contributed by atoms with van der Waals surface area (Å²) in [5.41, 5.74) is 0. The summed E-state index contributed by atoms with van der Waals surface area (Å²) in [6.45, 7) is 8.68. The molecule has 2 heteroatoms. The van der Waals surface area contributed by atoms with Gasteiger partial charge >= 0.3 is 85.5 Å². The third-order valence-corrected chi connectivity index (χ3v) is 7.38. The second kappa shape index (κ2) is 3.36. The molecule has 1 atom stereocenters. The van der Waals surface area contributed by atoms with Gasteiger partial charge in [0.2, 0.25) is 0 Å². The van der Waals surface area contributed by atoms with Gasteiger partial charge in [0.25, 0.3) is 0 Å². The molecule has 0 bridgehead atoms. The monoisotopic (exact) mass is 329 g/mol. The van der Waals surface area contributed by atoms with Gasteiger partial charge in [-0.3, -0.25) is 0 Å². The fraction of sp³-hybridized carbons (Fsp3) is 0.333. The number of allylic oxidation sites excluding steroid dienone is 5. The Labute approximate surface area is 85.3 Å². The van der Waals surface area contributed by atoms with E-state index in [0.717, 1.165) is 0 Å². The third kappa shape index (κ3) is 1.72. The van der Waals surface area contributed by atoms with E-state index in [1.165, 1.54) is 24.4 Å². The Kier molecular flexibility index (Phi) is 2.87. The summed E-state index contributed by atoms with van der Waals surface area (Å²) in [6.07, 6.45) is 8.90. The first-order chi connectivity index (χ1) is 5.10. The molecule has 0 heterocycles. The van der Waals surface area contributed by atoms with E-state index in [2.05, 4.69) is 44.0 Å². The molecule has 0 aliphatic heterocycles. The van der Waals surface area contributed by atoms with Gasteiger partial charge in [-0.2, -0.15) is 0 Å². The molecule has 1 aliphatic rings. The van der Waals surface area contributed by atoms with Gasteiger partial charge in [-0.1, -0.05) is 0 Å². The minimum absolute atomic E-state index is 0.320. The number of hydrogen-bond donors (Lipinski definition) is 0. The van der Waals surface area contributed by atoms with Crippen molar-refractivity contribution in [2.24, 2.45) is 0 Å². The van der Waals surface area contributed by atoms with Crippen molar-refractivity contribution in [1.82, 2.24) is 0 Å². The van der Waals surface area contributed by atoms with Crippen molar-refractivity contribution in [3.05, 3.63) is 36.1 Å². The van der Waals surface area contributed by atoms with Crippen LogP contribution >= 0.6 is 0 Å². The minimum atomic E-state index is -0.604. The van der Waals surface area contributed by atoms with E-state index in [4.69, 9.17) is 0 Å². The van der Waals surface area contributed by atoms with Crippen LogP contribution in [0.4, 0.5) is 0 Å². The average molecular weight is 328 g/mol. The zero-order valence-electron chi connectivity index (χ0n) is 7.09. The van der Waals surface area contributed by atoms with Gasteiger partial charge in [-0.05, 0) is 0 Å². The molecule has 1 unspecified atom stereocenters. The van der Waals surface area contributed by atoms with Gasteiger partial charge in [0.1, 0.15) is 0 Å². The molecule has 0 saturated heterocycles. The number of rotatable bonds is 2. The average Bonchev–Trinajstić information content (AvgIpc) is 2.32. The molecule has 0 aromatic carbocycles. The van der Waals surface area contributed by atoms with E-state index in [0.29, 0.717) is 3.17 Å². The maximum absolute atomic E-state index is 3.91. The molecule has 11 heavy (non-hydrogen) atoms. The molecule has 1 rings (SSSR count). The molecule has 57 valence electrons. The summed E-state index contributed by atoms with van der Waals surface area (Å²) in [7, 11) is -0.604.